The fourth-order valence-corrected chi connectivity index (χ4v) is 13.5. The van der Waals surface area contributed by atoms with Crippen molar-refractivity contribution < 1.29 is 0 Å². The van der Waals surface area contributed by atoms with E-state index >= 15 is 0 Å². The Labute approximate surface area is 383 Å². The van der Waals surface area contributed by atoms with Gasteiger partial charge in [-0.2, -0.15) is 0 Å². The molecule has 0 saturated carbocycles. The summed E-state index contributed by atoms with van der Waals surface area (Å²) in [5.41, 5.74) is 18.4. The highest BCUT2D eigenvalue weighted by Crippen LogP contribution is 2.56. The predicted molar refractivity (Wildman–Crippen MR) is 281 cm³/mol. The predicted octanol–water partition coefficient (Wildman–Crippen LogP) is 18.3. The summed E-state index contributed by atoms with van der Waals surface area (Å²) in [5, 5.41) is 13.1. The van der Waals surface area contributed by atoms with Crippen LogP contribution in [0.15, 0.2) is 194 Å². The van der Waals surface area contributed by atoms with Crippen molar-refractivity contribution in [2.75, 3.05) is 0 Å². The fraction of sp³-hybridized carbons (Fsp3) is 0.0938. The van der Waals surface area contributed by atoms with E-state index in [2.05, 4.69) is 222 Å². The van der Waals surface area contributed by atoms with E-state index in [4.69, 9.17) is 0 Å². The van der Waals surface area contributed by atoms with E-state index in [9.17, 15) is 0 Å². The molecule has 0 fully saturated rings. The maximum Gasteiger partial charge on any atom is 0.0361 e. The van der Waals surface area contributed by atoms with Crippen LogP contribution in [0, 0.1) is 0 Å². The molecule has 65 heavy (non-hydrogen) atoms. The first-order valence-electron chi connectivity index (χ1n) is 23.0. The molecule has 0 N–H and O–H groups in total. The van der Waals surface area contributed by atoms with E-state index in [-0.39, 0.29) is 10.8 Å². The molecule has 1 aromatic heterocycles. The molecule has 0 saturated heterocycles. The van der Waals surface area contributed by atoms with Crippen LogP contribution in [0.2, 0.25) is 0 Å². The van der Waals surface area contributed by atoms with E-state index in [0.717, 1.165) is 0 Å². The minimum Gasteiger partial charge on any atom is -0.135 e. The lowest BCUT2D eigenvalue weighted by Gasteiger charge is -2.25. The zero-order valence-corrected chi connectivity index (χ0v) is 37.7. The molecule has 1 heterocycles. The largest absolute Gasteiger partial charge is 0.135 e. The van der Waals surface area contributed by atoms with Crippen molar-refractivity contribution in [3.63, 3.8) is 0 Å². The smallest absolute Gasteiger partial charge is 0.0361 e. The summed E-state index contributed by atoms with van der Waals surface area (Å²) >= 11 is 1.92. The summed E-state index contributed by atoms with van der Waals surface area (Å²) in [7, 11) is 0. The van der Waals surface area contributed by atoms with Gasteiger partial charge in [0.2, 0.25) is 0 Å². The van der Waals surface area contributed by atoms with Gasteiger partial charge in [-0.3, -0.25) is 0 Å². The summed E-state index contributed by atoms with van der Waals surface area (Å²) in [6.45, 7) is 9.71. The third-order valence-corrected chi connectivity index (χ3v) is 16.5. The molecule has 2 aliphatic rings. The van der Waals surface area contributed by atoms with Crippen LogP contribution in [-0.4, -0.2) is 0 Å². The molecule has 0 bridgehead atoms. The molecular formula is C64H44S. The monoisotopic (exact) mass is 844 g/mol. The molecule has 1 heteroatoms. The Bertz CT molecular complexity index is 4000. The van der Waals surface area contributed by atoms with Crippen molar-refractivity contribution in [2.45, 2.75) is 38.5 Å². The van der Waals surface area contributed by atoms with Crippen LogP contribution in [0.3, 0.4) is 0 Å². The van der Waals surface area contributed by atoms with E-state index in [0.29, 0.717) is 0 Å². The van der Waals surface area contributed by atoms with Gasteiger partial charge in [-0.1, -0.05) is 185 Å². The Morgan fingerprint density at radius 3 is 1.58 bits per heavy atom. The van der Waals surface area contributed by atoms with E-state index in [1.807, 2.05) is 11.3 Å². The Morgan fingerprint density at radius 1 is 0.292 bits per heavy atom. The van der Waals surface area contributed by atoms with Crippen LogP contribution in [0.5, 0.6) is 0 Å². The standard InChI is InChI=1S/C64H44S/c1-63(2)56-32-38(50-34-53-41-19-11-13-26-55(41)64(3,4)62(53)54-36-59-52(35-51(50)54)44-20-12-14-27-58(44)65-59)28-30-42(56)43-31-29-39(33-57(43)63)60-46-21-7-9-23-48(46)61(49-24-10-8-22-47(49)60)45-25-15-17-37-16-5-6-18-40(37)45/h5-36H,1-4H3. The number of hydrogen-bond acceptors (Lipinski definition) is 1. The van der Waals surface area contributed by atoms with Gasteiger partial charge in [-0.25, -0.2) is 0 Å². The molecule has 306 valence electrons. The molecule has 2 aliphatic carbocycles. The number of fused-ring (bicyclic) bond motifs is 14. The highest BCUT2D eigenvalue weighted by Gasteiger charge is 2.39. The van der Waals surface area contributed by atoms with Gasteiger partial charge >= 0.3 is 0 Å². The average molecular weight is 845 g/mol. The second kappa shape index (κ2) is 13.1. The summed E-state index contributed by atoms with van der Waals surface area (Å²) in [5.74, 6) is 0. The van der Waals surface area contributed by atoms with Crippen LogP contribution in [-0.2, 0) is 10.8 Å². The Morgan fingerprint density at radius 2 is 0.846 bits per heavy atom. The minimum atomic E-state index is -0.219. The fourth-order valence-electron chi connectivity index (χ4n) is 12.4. The van der Waals surface area contributed by atoms with Crippen molar-refractivity contribution in [2.24, 2.45) is 0 Å². The van der Waals surface area contributed by atoms with Gasteiger partial charge in [0.15, 0.2) is 0 Å². The Hall–Kier alpha value is -7.32. The minimum absolute atomic E-state index is 0.112. The summed E-state index contributed by atoms with van der Waals surface area (Å²) in [6.07, 6.45) is 0. The second-order valence-corrected chi connectivity index (χ2v) is 20.6. The molecule has 0 aliphatic heterocycles. The number of thiophene rings is 1. The zero-order chi connectivity index (χ0) is 43.3. The quantitative estimate of drug-likeness (QED) is 0.155. The third kappa shape index (κ3) is 5.02. The third-order valence-electron chi connectivity index (χ3n) is 15.4. The molecule has 0 nitrogen and oxygen atoms in total. The highest BCUT2D eigenvalue weighted by atomic mass is 32.1. The Kier molecular flexibility index (Phi) is 7.49. The Balaban J connectivity index is 0.962. The molecule has 0 radical (unpaired) electrons. The molecule has 0 amide bonds. The van der Waals surface area contributed by atoms with Crippen molar-refractivity contribution in [1.29, 1.82) is 0 Å². The van der Waals surface area contributed by atoms with Crippen LogP contribution < -0.4 is 0 Å². The summed E-state index contributed by atoms with van der Waals surface area (Å²) < 4.78 is 2.70. The van der Waals surface area contributed by atoms with Gasteiger partial charge in [0, 0.05) is 31.0 Å². The SMILES string of the molecule is CC1(C)c2cc(-c3cc4c(c5cc6sc7ccccc7c6cc35)C(C)(C)c3ccccc3-4)ccc2-c2ccc(-c3c4ccccc4c(-c4cccc5ccccc45)c4ccccc34)cc21. The number of benzene rings is 11. The van der Waals surface area contributed by atoms with Gasteiger partial charge in [0.1, 0.15) is 0 Å². The molecular weight excluding hydrogens is 801 g/mol. The first-order valence-corrected chi connectivity index (χ1v) is 23.8. The van der Waals surface area contributed by atoms with E-state index in [1.54, 1.807) is 0 Å². The lowest BCUT2D eigenvalue weighted by molar-refractivity contribution is 0.661. The number of rotatable bonds is 3. The van der Waals surface area contributed by atoms with Gasteiger partial charge < -0.3 is 0 Å². The van der Waals surface area contributed by atoms with Gasteiger partial charge in [-0.05, 0) is 157 Å². The van der Waals surface area contributed by atoms with E-state index in [1.165, 1.54) is 141 Å². The first-order chi connectivity index (χ1) is 31.8. The van der Waals surface area contributed by atoms with E-state index < -0.39 is 0 Å². The van der Waals surface area contributed by atoms with Crippen LogP contribution >= 0.6 is 11.3 Å². The average Bonchev–Trinajstić information content (AvgIpc) is 3.90. The van der Waals surface area contributed by atoms with Gasteiger partial charge in [-0.15, -0.1) is 11.3 Å². The lowest BCUT2D eigenvalue weighted by atomic mass is 9.78. The van der Waals surface area contributed by atoms with Gasteiger partial charge in [0.25, 0.3) is 0 Å². The highest BCUT2D eigenvalue weighted by molar-refractivity contribution is 7.25. The van der Waals surface area contributed by atoms with Crippen LogP contribution in [0.1, 0.15) is 49.9 Å². The topological polar surface area (TPSA) is 0 Å². The molecule has 11 aromatic carbocycles. The maximum absolute atomic E-state index is 2.53. The number of hydrogen-bond donors (Lipinski definition) is 0. The summed E-state index contributed by atoms with van der Waals surface area (Å²) in [6, 6.07) is 73.8. The molecule has 0 atom stereocenters. The van der Waals surface area contributed by atoms with Crippen LogP contribution in [0.4, 0.5) is 0 Å². The van der Waals surface area contributed by atoms with Crippen molar-refractivity contribution in [3.8, 4) is 55.6 Å². The van der Waals surface area contributed by atoms with Crippen molar-refractivity contribution in [1.82, 2.24) is 0 Å². The lowest BCUT2D eigenvalue weighted by Crippen LogP contribution is -2.15. The maximum atomic E-state index is 2.53. The van der Waals surface area contributed by atoms with Crippen LogP contribution in [0.25, 0.3) is 119 Å². The molecule has 0 unspecified atom stereocenters. The summed E-state index contributed by atoms with van der Waals surface area (Å²) in [4.78, 5) is 0. The second-order valence-electron chi connectivity index (χ2n) is 19.5. The van der Waals surface area contributed by atoms with Crippen molar-refractivity contribution >= 4 is 74.6 Å². The molecule has 14 rings (SSSR count). The van der Waals surface area contributed by atoms with Gasteiger partial charge in [0.05, 0.1) is 0 Å². The molecule has 12 aromatic rings. The normalized spacial score (nSPS) is 14.4. The first kappa shape index (κ1) is 37.1. The zero-order valence-electron chi connectivity index (χ0n) is 36.9. The van der Waals surface area contributed by atoms with Crippen molar-refractivity contribution in [3.05, 3.63) is 216 Å². The molecule has 0 spiro atoms.